The molecule has 2 aromatic rings. The van der Waals surface area contributed by atoms with Crippen LogP contribution < -0.4 is 5.84 Å². The molecule has 3 N–H and O–H groups in total. The first-order valence-electron chi connectivity index (χ1n) is 6.75. The van der Waals surface area contributed by atoms with Gasteiger partial charge in [-0.2, -0.15) is 10.2 Å². The summed E-state index contributed by atoms with van der Waals surface area (Å²) in [5, 5.41) is 16.6. The number of nitrogens with two attached hydrogens (primary N) is 1. The molecule has 0 saturated carbocycles. The molecule has 0 unspecified atom stereocenters. The largest absolute Gasteiger partial charge is 0.461 e. The molecule has 0 spiro atoms. The van der Waals surface area contributed by atoms with Crippen molar-refractivity contribution in [2.75, 3.05) is 13.2 Å². The molecule has 0 aliphatic rings. The van der Waals surface area contributed by atoms with E-state index >= 15 is 0 Å². The van der Waals surface area contributed by atoms with Crippen molar-refractivity contribution in [2.45, 2.75) is 13.5 Å². The molecule has 0 aliphatic carbocycles. The second-order valence-corrected chi connectivity index (χ2v) is 4.32. The van der Waals surface area contributed by atoms with E-state index in [0.717, 1.165) is 11.3 Å². The Morgan fingerprint density at radius 3 is 2.86 bits per heavy atom. The number of carbonyl (C=O) groups excluding carboxylic acids is 1. The number of hydrogen-bond acceptors (Lipinski definition) is 7. The summed E-state index contributed by atoms with van der Waals surface area (Å²) < 4.78 is 6.50. The Balaban J connectivity index is 2.20. The number of hydrogen-bond donors (Lipinski definition) is 2. The summed E-state index contributed by atoms with van der Waals surface area (Å²) in [4.78, 5) is 15.9. The van der Waals surface area contributed by atoms with Crippen LogP contribution in [0.5, 0.6) is 0 Å². The number of pyridine rings is 1. The van der Waals surface area contributed by atoms with Gasteiger partial charge in [0.15, 0.2) is 5.71 Å². The predicted octanol–water partition coefficient (Wildman–Crippen LogP) is 0.163. The van der Waals surface area contributed by atoms with Gasteiger partial charge >= 0.3 is 5.97 Å². The van der Waals surface area contributed by atoms with Crippen LogP contribution in [0.4, 0.5) is 0 Å². The number of rotatable bonds is 6. The SMILES string of the molecule is CCOC(=O)C(=NN)c1ccc(-c2ccn(CCO)n2)cn1. The van der Waals surface area contributed by atoms with Crippen molar-refractivity contribution in [3.05, 3.63) is 36.3 Å². The van der Waals surface area contributed by atoms with Gasteiger partial charge in [-0.15, -0.1) is 0 Å². The molecule has 0 fully saturated rings. The van der Waals surface area contributed by atoms with Gasteiger partial charge in [-0.25, -0.2) is 4.79 Å². The first-order chi connectivity index (χ1) is 10.7. The van der Waals surface area contributed by atoms with E-state index < -0.39 is 5.97 Å². The minimum atomic E-state index is -0.613. The van der Waals surface area contributed by atoms with Gasteiger partial charge in [0.1, 0.15) is 0 Å². The lowest BCUT2D eigenvalue weighted by atomic mass is 10.1. The smallest absolute Gasteiger partial charge is 0.361 e. The van der Waals surface area contributed by atoms with Crippen LogP contribution >= 0.6 is 0 Å². The van der Waals surface area contributed by atoms with Crippen molar-refractivity contribution in [1.29, 1.82) is 0 Å². The van der Waals surface area contributed by atoms with Crippen LogP contribution in [-0.2, 0) is 16.1 Å². The fourth-order valence-electron chi connectivity index (χ4n) is 1.85. The van der Waals surface area contributed by atoms with E-state index in [1.54, 1.807) is 36.1 Å². The lowest BCUT2D eigenvalue weighted by Crippen LogP contribution is -2.21. The minimum Gasteiger partial charge on any atom is -0.461 e. The number of ether oxygens (including phenoxy) is 1. The van der Waals surface area contributed by atoms with Crippen molar-refractivity contribution >= 4 is 11.7 Å². The maximum Gasteiger partial charge on any atom is 0.361 e. The van der Waals surface area contributed by atoms with Gasteiger partial charge in [-0.05, 0) is 25.1 Å². The van der Waals surface area contributed by atoms with Crippen molar-refractivity contribution in [1.82, 2.24) is 14.8 Å². The summed E-state index contributed by atoms with van der Waals surface area (Å²) in [6.45, 7) is 2.38. The predicted molar refractivity (Wildman–Crippen MR) is 79.9 cm³/mol. The normalized spacial score (nSPS) is 11.5. The average Bonchev–Trinajstić information content (AvgIpc) is 2.98. The van der Waals surface area contributed by atoms with Crippen LogP contribution in [0, 0.1) is 0 Å². The number of nitrogens with zero attached hydrogens (tertiary/aromatic N) is 4. The van der Waals surface area contributed by atoms with E-state index in [2.05, 4.69) is 15.2 Å². The Kier molecular flexibility index (Phi) is 5.21. The van der Waals surface area contributed by atoms with Crippen LogP contribution in [0.2, 0.25) is 0 Å². The zero-order chi connectivity index (χ0) is 15.9. The lowest BCUT2D eigenvalue weighted by Gasteiger charge is -2.04. The van der Waals surface area contributed by atoms with E-state index in [-0.39, 0.29) is 18.9 Å². The van der Waals surface area contributed by atoms with Gasteiger partial charge in [0.25, 0.3) is 0 Å². The number of hydrazone groups is 1. The molecular weight excluding hydrogens is 286 g/mol. The molecule has 0 radical (unpaired) electrons. The van der Waals surface area contributed by atoms with Crippen molar-refractivity contribution in [3.63, 3.8) is 0 Å². The number of aliphatic hydroxyl groups is 1. The Hall–Kier alpha value is -2.74. The average molecular weight is 303 g/mol. The molecule has 116 valence electrons. The van der Waals surface area contributed by atoms with Crippen molar-refractivity contribution in [2.24, 2.45) is 10.9 Å². The maximum absolute atomic E-state index is 11.7. The van der Waals surface area contributed by atoms with Crippen LogP contribution in [0.3, 0.4) is 0 Å². The zero-order valence-electron chi connectivity index (χ0n) is 12.1. The first kappa shape index (κ1) is 15.6. The highest BCUT2D eigenvalue weighted by Gasteiger charge is 2.16. The summed E-state index contributed by atoms with van der Waals surface area (Å²) in [6, 6.07) is 5.21. The van der Waals surface area contributed by atoms with Gasteiger partial charge in [-0.1, -0.05) is 0 Å². The van der Waals surface area contributed by atoms with Crippen molar-refractivity contribution in [3.8, 4) is 11.3 Å². The molecule has 0 amide bonds. The van der Waals surface area contributed by atoms with Gasteiger partial charge < -0.3 is 15.7 Å². The standard InChI is InChI=1S/C14H17N5O3/c1-2-22-14(21)13(17-15)12-4-3-10(9-16-12)11-5-6-19(18-11)7-8-20/h3-6,9,20H,2,7-8,15H2,1H3. The second kappa shape index (κ2) is 7.32. The Morgan fingerprint density at radius 1 is 1.45 bits per heavy atom. The topological polar surface area (TPSA) is 116 Å². The molecule has 2 aromatic heterocycles. The molecule has 8 heteroatoms. The van der Waals surface area contributed by atoms with Crippen LogP contribution in [0.15, 0.2) is 35.7 Å². The van der Waals surface area contributed by atoms with E-state index in [1.807, 2.05) is 6.07 Å². The Labute approximate surface area is 127 Å². The molecule has 2 heterocycles. The quantitative estimate of drug-likeness (QED) is 0.340. The fraction of sp³-hybridized carbons (Fsp3) is 0.286. The molecule has 8 nitrogen and oxygen atoms in total. The highest BCUT2D eigenvalue weighted by Crippen LogP contribution is 2.16. The highest BCUT2D eigenvalue weighted by molar-refractivity contribution is 6.42. The van der Waals surface area contributed by atoms with E-state index in [1.165, 1.54) is 0 Å². The number of aromatic nitrogens is 3. The van der Waals surface area contributed by atoms with Crippen LogP contribution in [0.25, 0.3) is 11.3 Å². The summed E-state index contributed by atoms with van der Waals surface area (Å²) in [5.41, 5.74) is 1.80. The molecule has 0 atom stereocenters. The second-order valence-electron chi connectivity index (χ2n) is 4.32. The monoisotopic (exact) mass is 303 g/mol. The third-order valence-corrected chi connectivity index (χ3v) is 2.87. The number of esters is 1. The zero-order valence-corrected chi connectivity index (χ0v) is 12.1. The molecule has 2 rings (SSSR count). The van der Waals surface area contributed by atoms with Crippen molar-refractivity contribution < 1.29 is 14.6 Å². The van der Waals surface area contributed by atoms with E-state index in [0.29, 0.717) is 12.2 Å². The summed E-state index contributed by atoms with van der Waals surface area (Å²) in [5.74, 6) is 4.62. The van der Waals surface area contributed by atoms with Gasteiger partial charge in [0.2, 0.25) is 0 Å². The molecule has 22 heavy (non-hydrogen) atoms. The Bertz CT molecular complexity index is 663. The third-order valence-electron chi connectivity index (χ3n) is 2.87. The Morgan fingerprint density at radius 2 is 2.27 bits per heavy atom. The van der Waals surface area contributed by atoms with Gasteiger partial charge in [0.05, 0.1) is 31.1 Å². The van der Waals surface area contributed by atoms with Gasteiger partial charge in [0, 0.05) is 18.0 Å². The van der Waals surface area contributed by atoms with Crippen LogP contribution in [0.1, 0.15) is 12.6 Å². The fourth-order valence-corrected chi connectivity index (χ4v) is 1.85. The van der Waals surface area contributed by atoms with Gasteiger partial charge in [-0.3, -0.25) is 9.67 Å². The molecule has 0 aliphatic heterocycles. The van der Waals surface area contributed by atoms with Crippen LogP contribution in [-0.4, -0.2) is 44.8 Å². The third kappa shape index (κ3) is 3.47. The van der Waals surface area contributed by atoms with E-state index in [4.69, 9.17) is 15.7 Å². The number of carbonyl (C=O) groups is 1. The first-order valence-corrected chi connectivity index (χ1v) is 6.75. The molecule has 0 saturated heterocycles. The van der Waals surface area contributed by atoms with E-state index in [9.17, 15) is 4.79 Å². The maximum atomic E-state index is 11.7. The minimum absolute atomic E-state index is 0.0220. The summed E-state index contributed by atoms with van der Waals surface area (Å²) in [6.07, 6.45) is 3.34. The molecular formula is C14H17N5O3. The number of aliphatic hydroxyl groups excluding tert-OH is 1. The highest BCUT2D eigenvalue weighted by atomic mass is 16.5. The molecule has 0 aromatic carbocycles. The lowest BCUT2D eigenvalue weighted by molar-refractivity contribution is -0.134. The summed E-state index contributed by atoms with van der Waals surface area (Å²) in [7, 11) is 0. The molecule has 0 bridgehead atoms. The summed E-state index contributed by atoms with van der Waals surface area (Å²) >= 11 is 0.